The molecule has 28 heavy (non-hydrogen) atoms. The van der Waals surface area contributed by atoms with E-state index >= 15 is 0 Å². The molecule has 6 nitrogen and oxygen atoms in total. The Balaban J connectivity index is 1.57. The van der Waals surface area contributed by atoms with Gasteiger partial charge in [-0.3, -0.25) is 4.99 Å². The molecule has 1 aromatic heterocycles. The number of aryl methyl sites for hydroxylation is 1. The second-order valence-electron chi connectivity index (χ2n) is 6.61. The molecule has 3 N–H and O–H groups in total. The Morgan fingerprint density at radius 1 is 1.04 bits per heavy atom. The molecule has 0 unspecified atom stereocenters. The van der Waals surface area contributed by atoms with Gasteiger partial charge in [-0.05, 0) is 36.1 Å². The summed E-state index contributed by atoms with van der Waals surface area (Å²) in [7, 11) is 3.44. The number of methoxy groups -OCH3 is 1. The minimum absolute atomic E-state index is 0.528. The van der Waals surface area contributed by atoms with Gasteiger partial charge in [0.1, 0.15) is 12.4 Å². The number of hydrogen-bond acceptors (Lipinski definition) is 3. The maximum atomic E-state index is 5.86. The predicted molar refractivity (Wildman–Crippen MR) is 114 cm³/mol. The first-order valence-electron chi connectivity index (χ1n) is 9.42. The smallest absolute Gasteiger partial charge is 0.191 e. The van der Waals surface area contributed by atoms with Crippen molar-refractivity contribution in [2.45, 2.75) is 20.0 Å². The fourth-order valence-corrected chi connectivity index (χ4v) is 2.98. The van der Waals surface area contributed by atoms with E-state index in [-0.39, 0.29) is 0 Å². The van der Waals surface area contributed by atoms with Crippen molar-refractivity contribution in [2.75, 3.05) is 27.4 Å². The van der Waals surface area contributed by atoms with Gasteiger partial charge in [-0.1, -0.05) is 30.3 Å². The number of para-hydroxylation sites is 1. The number of rotatable bonds is 8. The summed E-state index contributed by atoms with van der Waals surface area (Å²) in [5.41, 5.74) is 4.50. The van der Waals surface area contributed by atoms with Gasteiger partial charge in [0, 0.05) is 37.5 Å². The fourth-order valence-electron chi connectivity index (χ4n) is 2.98. The van der Waals surface area contributed by atoms with Gasteiger partial charge in [-0.2, -0.15) is 0 Å². The molecule has 6 heteroatoms. The summed E-state index contributed by atoms with van der Waals surface area (Å²) in [6, 6.07) is 16.6. The van der Waals surface area contributed by atoms with Crippen LogP contribution in [0.4, 0.5) is 0 Å². The third-order valence-electron chi connectivity index (χ3n) is 4.47. The van der Waals surface area contributed by atoms with Crippen LogP contribution in [0.1, 0.15) is 16.8 Å². The first kappa shape index (κ1) is 19.8. The highest BCUT2D eigenvalue weighted by molar-refractivity contribution is 5.81. The average Bonchev–Trinajstić information content (AvgIpc) is 3.12. The summed E-state index contributed by atoms with van der Waals surface area (Å²) in [4.78, 5) is 7.73. The maximum absolute atomic E-state index is 5.86. The largest absolute Gasteiger partial charge is 0.491 e. The lowest BCUT2D eigenvalue weighted by molar-refractivity contribution is 0.145. The maximum Gasteiger partial charge on any atom is 0.191 e. The number of nitrogens with zero attached hydrogens (tertiary/aromatic N) is 1. The third-order valence-corrected chi connectivity index (χ3v) is 4.47. The van der Waals surface area contributed by atoms with E-state index in [9.17, 15) is 0 Å². The van der Waals surface area contributed by atoms with E-state index in [4.69, 9.17) is 9.47 Å². The topological polar surface area (TPSA) is 70.7 Å². The highest BCUT2D eigenvalue weighted by Crippen LogP contribution is 2.20. The van der Waals surface area contributed by atoms with Crippen LogP contribution in [0.15, 0.2) is 53.5 Å². The summed E-state index contributed by atoms with van der Waals surface area (Å²) < 4.78 is 10.9. The number of aromatic nitrogens is 1. The van der Waals surface area contributed by atoms with Crippen LogP contribution in [0.3, 0.4) is 0 Å². The van der Waals surface area contributed by atoms with Crippen LogP contribution in [-0.4, -0.2) is 38.3 Å². The standard InChI is InChI=1S/C22H28N4O2/c1-16-8-9-18(21(12-16)28-11-10-27-3)14-24-22(23-2)25-15-19-13-17-6-4-5-7-20(17)26-19/h4-9,12-13,26H,10-11,14-15H2,1-3H3,(H2,23,24,25). The molecule has 2 aromatic carbocycles. The second-order valence-corrected chi connectivity index (χ2v) is 6.61. The lowest BCUT2D eigenvalue weighted by Crippen LogP contribution is -2.36. The molecule has 3 rings (SSSR count). The number of benzene rings is 2. The Hall–Kier alpha value is -2.99. The number of ether oxygens (including phenoxy) is 2. The van der Waals surface area contributed by atoms with Gasteiger partial charge in [-0.25, -0.2) is 0 Å². The van der Waals surface area contributed by atoms with Crippen molar-refractivity contribution in [1.82, 2.24) is 15.6 Å². The SMILES string of the molecule is CN=C(NCc1cc2ccccc2[nH]1)NCc1ccc(C)cc1OCCOC. The number of hydrogen-bond donors (Lipinski definition) is 3. The van der Waals surface area contributed by atoms with E-state index in [0.29, 0.717) is 26.3 Å². The third kappa shape index (κ3) is 5.27. The highest BCUT2D eigenvalue weighted by atomic mass is 16.5. The van der Waals surface area contributed by atoms with Gasteiger partial charge in [0.05, 0.1) is 13.2 Å². The van der Waals surface area contributed by atoms with Crippen LogP contribution in [0, 0.1) is 6.92 Å². The van der Waals surface area contributed by atoms with E-state index in [1.807, 2.05) is 18.2 Å². The van der Waals surface area contributed by atoms with E-state index in [0.717, 1.165) is 34.0 Å². The molecule has 0 saturated carbocycles. The quantitative estimate of drug-likeness (QED) is 0.318. The van der Waals surface area contributed by atoms with Gasteiger partial charge in [-0.15, -0.1) is 0 Å². The van der Waals surface area contributed by atoms with Gasteiger partial charge in [0.25, 0.3) is 0 Å². The van der Waals surface area contributed by atoms with Gasteiger partial charge in [0.15, 0.2) is 5.96 Å². The Kier molecular flexibility index (Phi) is 6.92. The van der Waals surface area contributed by atoms with Gasteiger partial charge in [0.2, 0.25) is 0 Å². The average molecular weight is 380 g/mol. The zero-order valence-corrected chi connectivity index (χ0v) is 16.7. The molecule has 0 fully saturated rings. The molecule has 0 aliphatic carbocycles. The molecule has 1 heterocycles. The normalized spacial score (nSPS) is 11.6. The van der Waals surface area contributed by atoms with Crippen molar-refractivity contribution in [2.24, 2.45) is 4.99 Å². The molecule has 148 valence electrons. The number of aliphatic imine (C=N–C) groups is 1. The minimum atomic E-state index is 0.528. The Labute approximate surface area is 166 Å². The zero-order valence-electron chi connectivity index (χ0n) is 16.7. The van der Waals surface area contributed by atoms with Crippen molar-refractivity contribution < 1.29 is 9.47 Å². The van der Waals surface area contributed by atoms with Crippen LogP contribution in [-0.2, 0) is 17.8 Å². The molecule has 0 saturated heterocycles. The Morgan fingerprint density at radius 2 is 1.86 bits per heavy atom. The van der Waals surface area contributed by atoms with Crippen LogP contribution in [0.2, 0.25) is 0 Å². The van der Waals surface area contributed by atoms with Crippen molar-refractivity contribution in [3.63, 3.8) is 0 Å². The lowest BCUT2D eigenvalue weighted by Gasteiger charge is -2.15. The van der Waals surface area contributed by atoms with Crippen LogP contribution >= 0.6 is 0 Å². The monoisotopic (exact) mass is 380 g/mol. The van der Waals surface area contributed by atoms with Crippen molar-refractivity contribution >= 4 is 16.9 Å². The number of nitrogens with one attached hydrogen (secondary N) is 3. The molecule has 0 radical (unpaired) electrons. The zero-order chi connectivity index (χ0) is 19.8. The number of aromatic amines is 1. The molecule has 0 aliphatic heterocycles. The lowest BCUT2D eigenvalue weighted by atomic mass is 10.1. The van der Waals surface area contributed by atoms with Crippen LogP contribution in [0.5, 0.6) is 5.75 Å². The summed E-state index contributed by atoms with van der Waals surface area (Å²) in [5, 5.41) is 7.91. The van der Waals surface area contributed by atoms with Crippen molar-refractivity contribution in [3.8, 4) is 5.75 Å². The van der Waals surface area contributed by atoms with Crippen molar-refractivity contribution in [3.05, 3.63) is 65.4 Å². The molecule has 3 aromatic rings. The van der Waals surface area contributed by atoms with E-state index in [1.165, 1.54) is 5.39 Å². The van der Waals surface area contributed by atoms with Gasteiger partial charge < -0.3 is 25.1 Å². The molecular weight excluding hydrogens is 352 g/mol. The number of fused-ring (bicyclic) bond motifs is 1. The predicted octanol–water partition coefficient (Wildman–Crippen LogP) is 3.37. The number of H-pyrrole nitrogens is 1. The molecule has 0 aliphatic rings. The molecule has 0 spiro atoms. The van der Waals surface area contributed by atoms with E-state index < -0.39 is 0 Å². The van der Waals surface area contributed by atoms with Gasteiger partial charge >= 0.3 is 0 Å². The summed E-state index contributed by atoms with van der Waals surface area (Å²) in [6.45, 7) is 4.43. The summed E-state index contributed by atoms with van der Waals surface area (Å²) in [6.07, 6.45) is 0. The second kappa shape index (κ2) is 9.80. The highest BCUT2D eigenvalue weighted by Gasteiger charge is 2.07. The molecular formula is C22H28N4O2. The first-order chi connectivity index (χ1) is 13.7. The number of guanidine groups is 1. The first-order valence-corrected chi connectivity index (χ1v) is 9.42. The van der Waals surface area contributed by atoms with E-state index in [1.54, 1.807) is 14.2 Å². The van der Waals surface area contributed by atoms with Crippen molar-refractivity contribution in [1.29, 1.82) is 0 Å². The van der Waals surface area contributed by atoms with E-state index in [2.05, 4.69) is 57.9 Å². The Bertz CT molecular complexity index is 900. The Morgan fingerprint density at radius 3 is 2.64 bits per heavy atom. The van der Waals surface area contributed by atoms with Crippen LogP contribution < -0.4 is 15.4 Å². The summed E-state index contributed by atoms with van der Waals surface area (Å²) >= 11 is 0. The van der Waals surface area contributed by atoms with Crippen LogP contribution in [0.25, 0.3) is 10.9 Å². The fraction of sp³-hybridized carbons (Fsp3) is 0.318. The minimum Gasteiger partial charge on any atom is -0.491 e. The molecule has 0 atom stereocenters. The molecule has 0 amide bonds. The summed E-state index contributed by atoms with van der Waals surface area (Å²) in [5.74, 6) is 1.61. The molecule has 0 bridgehead atoms.